The van der Waals surface area contributed by atoms with E-state index in [-0.39, 0.29) is 0 Å². The SMILES string of the molecule is CN1CC(Oc2ccc(-c3cc(N)no3)cc2)C1. The molecule has 1 aromatic heterocycles. The van der Waals surface area contributed by atoms with Gasteiger partial charge in [0.15, 0.2) is 11.6 Å². The second kappa shape index (κ2) is 4.34. The highest BCUT2D eigenvalue weighted by Crippen LogP contribution is 2.25. The molecule has 0 amide bonds. The van der Waals surface area contributed by atoms with E-state index in [9.17, 15) is 0 Å². The fraction of sp³-hybridized carbons (Fsp3) is 0.308. The van der Waals surface area contributed by atoms with Gasteiger partial charge in [-0.1, -0.05) is 5.16 Å². The van der Waals surface area contributed by atoms with Crippen molar-refractivity contribution in [3.63, 3.8) is 0 Å². The summed E-state index contributed by atoms with van der Waals surface area (Å²) in [5.74, 6) is 1.94. The molecule has 2 heterocycles. The third-order valence-electron chi connectivity index (χ3n) is 3.00. The number of hydrogen-bond acceptors (Lipinski definition) is 5. The molecule has 2 aromatic rings. The van der Waals surface area contributed by atoms with Gasteiger partial charge in [0.1, 0.15) is 11.9 Å². The number of nitrogen functional groups attached to an aromatic ring is 1. The zero-order valence-electron chi connectivity index (χ0n) is 10.2. The van der Waals surface area contributed by atoms with E-state index in [2.05, 4.69) is 17.1 Å². The maximum absolute atomic E-state index is 5.80. The average Bonchev–Trinajstić information content (AvgIpc) is 2.75. The normalized spacial score (nSPS) is 16.5. The first-order valence-corrected chi connectivity index (χ1v) is 5.88. The summed E-state index contributed by atoms with van der Waals surface area (Å²) in [6.45, 7) is 1.97. The Bertz CT molecular complexity index is 529. The van der Waals surface area contributed by atoms with Gasteiger partial charge in [0.25, 0.3) is 0 Å². The van der Waals surface area contributed by atoms with E-state index >= 15 is 0 Å². The minimum absolute atomic E-state index is 0.307. The number of likely N-dealkylation sites (tertiary alicyclic amines) is 1. The van der Waals surface area contributed by atoms with Crippen LogP contribution in [0.25, 0.3) is 11.3 Å². The summed E-state index contributed by atoms with van der Waals surface area (Å²) in [6.07, 6.45) is 0.307. The maximum atomic E-state index is 5.80. The molecule has 18 heavy (non-hydrogen) atoms. The van der Waals surface area contributed by atoms with Crippen molar-refractivity contribution in [2.24, 2.45) is 0 Å². The maximum Gasteiger partial charge on any atom is 0.169 e. The number of rotatable bonds is 3. The zero-order chi connectivity index (χ0) is 12.5. The molecule has 2 N–H and O–H groups in total. The molecular weight excluding hydrogens is 230 g/mol. The molecule has 1 aliphatic heterocycles. The molecule has 0 saturated carbocycles. The van der Waals surface area contributed by atoms with Crippen molar-refractivity contribution in [1.82, 2.24) is 10.1 Å². The lowest BCUT2D eigenvalue weighted by Crippen LogP contribution is -2.51. The predicted molar refractivity (Wildman–Crippen MR) is 68.3 cm³/mol. The highest BCUT2D eigenvalue weighted by molar-refractivity contribution is 5.60. The Labute approximate surface area is 105 Å². The lowest BCUT2D eigenvalue weighted by Gasteiger charge is -2.35. The number of hydrogen-bond donors (Lipinski definition) is 1. The molecule has 5 heteroatoms. The van der Waals surface area contributed by atoms with E-state index in [0.717, 1.165) is 24.4 Å². The van der Waals surface area contributed by atoms with Crippen LogP contribution in [-0.2, 0) is 0 Å². The number of nitrogens with zero attached hydrogens (tertiary/aromatic N) is 2. The van der Waals surface area contributed by atoms with Gasteiger partial charge in [-0.15, -0.1) is 0 Å². The largest absolute Gasteiger partial charge is 0.488 e. The number of ether oxygens (including phenoxy) is 1. The number of nitrogens with two attached hydrogens (primary N) is 1. The molecule has 1 saturated heterocycles. The Morgan fingerprint density at radius 3 is 2.61 bits per heavy atom. The molecule has 0 atom stereocenters. The van der Waals surface area contributed by atoms with Crippen LogP contribution in [-0.4, -0.2) is 36.3 Å². The molecule has 0 radical (unpaired) electrons. The summed E-state index contributed by atoms with van der Waals surface area (Å²) >= 11 is 0. The molecule has 3 rings (SSSR count). The molecule has 94 valence electrons. The van der Waals surface area contributed by atoms with Crippen LogP contribution >= 0.6 is 0 Å². The van der Waals surface area contributed by atoms with Gasteiger partial charge in [0.05, 0.1) is 0 Å². The van der Waals surface area contributed by atoms with E-state index < -0.39 is 0 Å². The van der Waals surface area contributed by atoms with Crippen LogP contribution < -0.4 is 10.5 Å². The average molecular weight is 245 g/mol. The number of anilines is 1. The van der Waals surface area contributed by atoms with Crippen LogP contribution in [0, 0.1) is 0 Å². The molecule has 1 aliphatic rings. The summed E-state index contributed by atoms with van der Waals surface area (Å²) in [7, 11) is 2.08. The number of aromatic nitrogens is 1. The summed E-state index contributed by atoms with van der Waals surface area (Å²) in [5.41, 5.74) is 6.46. The van der Waals surface area contributed by atoms with Crippen molar-refractivity contribution < 1.29 is 9.26 Å². The number of likely N-dealkylation sites (N-methyl/N-ethyl adjacent to an activating group) is 1. The highest BCUT2D eigenvalue weighted by Gasteiger charge is 2.24. The second-order valence-electron chi connectivity index (χ2n) is 4.60. The van der Waals surface area contributed by atoms with Crippen molar-refractivity contribution in [3.05, 3.63) is 30.3 Å². The summed E-state index contributed by atoms with van der Waals surface area (Å²) < 4.78 is 10.9. The van der Waals surface area contributed by atoms with E-state index in [0.29, 0.717) is 17.7 Å². The Balaban J connectivity index is 1.69. The predicted octanol–water partition coefficient (Wildman–Crippen LogP) is 1.62. The van der Waals surface area contributed by atoms with Crippen LogP contribution in [0.4, 0.5) is 5.82 Å². The van der Waals surface area contributed by atoms with Crippen molar-refractivity contribution in [1.29, 1.82) is 0 Å². The van der Waals surface area contributed by atoms with Gasteiger partial charge in [-0.25, -0.2) is 0 Å². The van der Waals surface area contributed by atoms with Gasteiger partial charge >= 0.3 is 0 Å². The number of benzene rings is 1. The third kappa shape index (κ3) is 2.17. The van der Waals surface area contributed by atoms with Gasteiger partial charge in [0, 0.05) is 24.7 Å². The molecule has 1 aromatic carbocycles. The first-order valence-electron chi connectivity index (χ1n) is 5.88. The highest BCUT2D eigenvalue weighted by atomic mass is 16.5. The van der Waals surface area contributed by atoms with Crippen LogP contribution in [0.1, 0.15) is 0 Å². The fourth-order valence-electron chi connectivity index (χ4n) is 2.03. The molecule has 1 fully saturated rings. The van der Waals surface area contributed by atoms with Gasteiger partial charge in [-0.05, 0) is 31.3 Å². The lowest BCUT2D eigenvalue weighted by molar-refractivity contribution is 0.0388. The minimum Gasteiger partial charge on any atom is -0.488 e. The Kier molecular flexibility index (Phi) is 2.68. The smallest absolute Gasteiger partial charge is 0.169 e. The molecule has 5 nitrogen and oxygen atoms in total. The van der Waals surface area contributed by atoms with Gasteiger partial charge < -0.3 is 15.0 Å². The van der Waals surface area contributed by atoms with Gasteiger partial charge in [-0.3, -0.25) is 4.90 Å². The zero-order valence-corrected chi connectivity index (χ0v) is 10.2. The van der Waals surface area contributed by atoms with Crippen LogP contribution in [0.15, 0.2) is 34.9 Å². The van der Waals surface area contributed by atoms with Crippen molar-refractivity contribution in [3.8, 4) is 17.1 Å². The summed E-state index contributed by atoms with van der Waals surface area (Å²) in [4.78, 5) is 2.22. The first kappa shape index (κ1) is 11.1. The quantitative estimate of drug-likeness (QED) is 0.890. The van der Waals surface area contributed by atoms with Gasteiger partial charge in [0.2, 0.25) is 0 Å². The Morgan fingerprint density at radius 2 is 2.06 bits per heavy atom. The summed E-state index contributed by atoms with van der Waals surface area (Å²) in [6, 6.07) is 9.46. The van der Waals surface area contributed by atoms with Gasteiger partial charge in [-0.2, -0.15) is 0 Å². The van der Waals surface area contributed by atoms with E-state index in [1.807, 2.05) is 24.3 Å². The Morgan fingerprint density at radius 1 is 1.33 bits per heavy atom. The molecule has 0 bridgehead atoms. The topological polar surface area (TPSA) is 64.5 Å². The van der Waals surface area contributed by atoms with E-state index in [1.54, 1.807) is 6.07 Å². The molecular formula is C13H15N3O2. The Hall–Kier alpha value is -2.01. The first-order chi connectivity index (χ1) is 8.70. The molecule has 0 aliphatic carbocycles. The van der Waals surface area contributed by atoms with Crippen molar-refractivity contribution in [2.75, 3.05) is 25.9 Å². The third-order valence-corrected chi connectivity index (χ3v) is 3.00. The van der Waals surface area contributed by atoms with Crippen LogP contribution in [0.5, 0.6) is 5.75 Å². The second-order valence-corrected chi connectivity index (χ2v) is 4.60. The van der Waals surface area contributed by atoms with Crippen molar-refractivity contribution >= 4 is 5.82 Å². The van der Waals surface area contributed by atoms with Crippen molar-refractivity contribution in [2.45, 2.75) is 6.10 Å². The summed E-state index contributed by atoms with van der Waals surface area (Å²) in [5, 5.41) is 3.66. The van der Waals surface area contributed by atoms with Crippen LogP contribution in [0.2, 0.25) is 0 Å². The fourth-order valence-corrected chi connectivity index (χ4v) is 2.03. The van der Waals surface area contributed by atoms with E-state index in [1.165, 1.54) is 0 Å². The molecule has 0 unspecified atom stereocenters. The monoisotopic (exact) mass is 245 g/mol. The lowest BCUT2D eigenvalue weighted by atomic mass is 10.1. The van der Waals surface area contributed by atoms with Crippen LogP contribution in [0.3, 0.4) is 0 Å². The minimum atomic E-state index is 0.307. The standard InChI is InChI=1S/C13H15N3O2/c1-16-7-11(8-16)17-10-4-2-9(3-5-10)12-6-13(14)15-18-12/h2-6,11H,7-8H2,1H3,(H2,14,15). The van der Waals surface area contributed by atoms with E-state index in [4.69, 9.17) is 15.0 Å². The molecule has 0 spiro atoms.